The predicted molar refractivity (Wildman–Crippen MR) is 122 cm³/mol. The summed E-state index contributed by atoms with van der Waals surface area (Å²) >= 11 is 7.68. The second-order valence-corrected chi connectivity index (χ2v) is 8.93. The number of halogens is 1. The molecule has 0 bridgehead atoms. The van der Waals surface area contributed by atoms with E-state index >= 15 is 0 Å². The lowest BCUT2D eigenvalue weighted by atomic mass is 10.1. The van der Waals surface area contributed by atoms with E-state index in [2.05, 4.69) is 32.0 Å². The van der Waals surface area contributed by atoms with E-state index in [0.717, 1.165) is 5.56 Å². The molecule has 2 aromatic heterocycles. The Kier molecular flexibility index (Phi) is 7.19. The summed E-state index contributed by atoms with van der Waals surface area (Å²) in [6, 6.07) is 9.34. The number of hydrogen-bond donors (Lipinski definition) is 1. The van der Waals surface area contributed by atoms with Crippen molar-refractivity contribution in [3.05, 3.63) is 69.1 Å². The van der Waals surface area contributed by atoms with Crippen LogP contribution >= 0.6 is 22.9 Å². The van der Waals surface area contributed by atoms with E-state index in [1.807, 2.05) is 29.6 Å². The first-order valence-corrected chi connectivity index (χ1v) is 11.6. The average molecular weight is 474 g/mol. The Hall–Kier alpha value is -2.75. The molecule has 3 aromatic rings. The van der Waals surface area contributed by atoms with Gasteiger partial charge in [0.1, 0.15) is 0 Å². The number of likely N-dealkylation sites (tertiary alicyclic amines) is 1. The lowest BCUT2D eigenvalue weighted by Gasteiger charge is -2.23. The molecule has 0 aliphatic carbocycles. The number of nitrogens with zero attached hydrogens (tertiary/aromatic N) is 4. The minimum Gasteiger partial charge on any atom is -0.464 e. The van der Waals surface area contributed by atoms with E-state index in [9.17, 15) is 9.59 Å². The highest BCUT2D eigenvalue weighted by Gasteiger charge is 2.38. The third-order valence-electron chi connectivity index (χ3n) is 5.53. The van der Waals surface area contributed by atoms with Crippen molar-refractivity contribution in [2.24, 2.45) is 0 Å². The molecular formula is C22H24ClN5O3S. The van der Waals surface area contributed by atoms with E-state index in [4.69, 9.17) is 16.3 Å². The monoisotopic (exact) mass is 473 g/mol. The van der Waals surface area contributed by atoms with E-state index in [1.165, 1.54) is 12.7 Å². The molecule has 3 heterocycles. The molecule has 0 radical (unpaired) electrons. The highest BCUT2D eigenvalue weighted by atomic mass is 35.5. The molecule has 32 heavy (non-hydrogen) atoms. The van der Waals surface area contributed by atoms with E-state index in [-0.39, 0.29) is 23.7 Å². The second-order valence-electron chi connectivity index (χ2n) is 7.71. The lowest BCUT2D eigenvalue weighted by Crippen LogP contribution is -2.43. The summed E-state index contributed by atoms with van der Waals surface area (Å²) in [6.45, 7) is 1.83. The van der Waals surface area contributed by atoms with Crippen LogP contribution in [0.3, 0.4) is 0 Å². The molecule has 1 amide bonds. The van der Waals surface area contributed by atoms with Crippen molar-refractivity contribution < 1.29 is 14.3 Å². The molecule has 10 heteroatoms. The molecule has 1 aromatic carbocycles. The molecule has 4 rings (SSSR count). The zero-order valence-electron chi connectivity index (χ0n) is 17.6. The number of methoxy groups -OCH3 is 1. The van der Waals surface area contributed by atoms with Gasteiger partial charge in [-0.2, -0.15) is 11.3 Å². The van der Waals surface area contributed by atoms with Crippen LogP contribution in [0.5, 0.6) is 0 Å². The van der Waals surface area contributed by atoms with Gasteiger partial charge in [0.05, 0.1) is 25.4 Å². The van der Waals surface area contributed by atoms with Crippen molar-refractivity contribution in [1.29, 1.82) is 0 Å². The van der Waals surface area contributed by atoms with Crippen molar-refractivity contribution in [3.63, 3.8) is 0 Å². The number of esters is 1. The van der Waals surface area contributed by atoms with Crippen LogP contribution in [0.15, 0.2) is 47.3 Å². The predicted octanol–water partition coefficient (Wildman–Crippen LogP) is 2.95. The number of benzene rings is 1. The first-order valence-electron chi connectivity index (χ1n) is 10.3. The van der Waals surface area contributed by atoms with E-state index in [0.29, 0.717) is 37.5 Å². The average Bonchev–Trinajstić information content (AvgIpc) is 3.54. The second kappa shape index (κ2) is 10.2. The van der Waals surface area contributed by atoms with Gasteiger partial charge in [-0.25, -0.2) is 9.48 Å². The summed E-state index contributed by atoms with van der Waals surface area (Å²) < 4.78 is 6.37. The Morgan fingerprint density at radius 3 is 2.94 bits per heavy atom. The SMILES string of the molecule is COC(=O)c1cn([C@@H]2C[C@@H](C(=O)NCCc3cccc(Cl)c3)N(Cc3ccsc3)C2)nn1. The van der Waals surface area contributed by atoms with Crippen LogP contribution < -0.4 is 5.32 Å². The zero-order valence-corrected chi connectivity index (χ0v) is 19.2. The molecule has 8 nitrogen and oxygen atoms in total. The first-order chi connectivity index (χ1) is 15.5. The molecular weight excluding hydrogens is 450 g/mol. The number of aromatic nitrogens is 3. The number of nitrogens with one attached hydrogen (secondary N) is 1. The van der Waals surface area contributed by atoms with Gasteiger partial charge in [-0.05, 0) is 52.9 Å². The maximum Gasteiger partial charge on any atom is 0.360 e. The molecule has 1 fully saturated rings. The van der Waals surface area contributed by atoms with Crippen LogP contribution in [-0.4, -0.2) is 58.0 Å². The largest absolute Gasteiger partial charge is 0.464 e. The smallest absolute Gasteiger partial charge is 0.360 e. The molecule has 1 N–H and O–H groups in total. The van der Waals surface area contributed by atoms with Gasteiger partial charge in [-0.1, -0.05) is 28.9 Å². The maximum absolute atomic E-state index is 13.1. The summed E-state index contributed by atoms with van der Waals surface area (Å²) in [5.41, 5.74) is 2.41. The van der Waals surface area contributed by atoms with Crippen LogP contribution in [0.2, 0.25) is 5.02 Å². The summed E-state index contributed by atoms with van der Waals surface area (Å²) in [7, 11) is 1.31. The van der Waals surface area contributed by atoms with Crippen LogP contribution in [0, 0.1) is 0 Å². The zero-order chi connectivity index (χ0) is 22.5. The van der Waals surface area contributed by atoms with Crippen LogP contribution in [0.25, 0.3) is 0 Å². The van der Waals surface area contributed by atoms with Crippen LogP contribution in [0.4, 0.5) is 0 Å². The summed E-state index contributed by atoms with van der Waals surface area (Å²) in [5.74, 6) is -0.544. The van der Waals surface area contributed by atoms with E-state index in [1.54, 1.807) is 22.2 Å². The lowest BCUT2D eigenvalue weighted by molar-refractivity contribution is -0.125. The number of rotatable bonds is 8. The van der Waals surface area contributed by atoms with E-state index < -0.39 is 5.97 Å². The fraction of sp³-hybridized carbons (Fsp3) is 0.364. The minimum atomic E-state index is -0.528. The highest BCUT2D eigenvalue weighted by molar-refractivity contribution is 7.07. The maximum atomic E-state index is 13.1. The van der Waals surface area contributed by atoms with Crippen molar-refractivity contribution >= 4 is 34.8 Å². The van der Waals surface area contributed by atoms with Gasteiger partial charge in [0.15, 0.2) is 5.69 Å². The van der Waals surface area contributed by atoms with Gasteiger partial charge < -0.3 is 10.1 Å². The quantitative estimate of drug-likeness (QED) is 0.506. The third kappa shape index (κ3) is 5.35. The summed E-state index contributed by atoms with van der Waals surface area (Å²) in [5, 5.41) is 15.9. The van der Waals surface area contributed by atoms with Crippen molar-refractivity contribution in [2.75, 3.05) is 20.2 Å². The van der Waals surface area contributed by atoms with Crippen molar-refractivity contribution in [3.8, 4) is 0 Å². The van der Waals surface area contributed by atoms with Gasteiger partial charge in [0.25, 0.3) is 0 Å². The van der Waals surface area contributed by atoms with Crippen molar-refractivity contribution in [1.82, 2.24) is 25.2 Å². The Balaban J connectivity index is 1.43. The molecule has 0 saturated carbocycles. The third-order valence-corrected chi connectivity index (χ3v) is 6.50. The standard InChI is InChI=1S/C22H24ClN5O3S/c1-31-22(30)19-13-28(26-25-19)18-10-20(27(12-18)11-16-6-8-32-14-16)21(29)24-7-5-15-3-2-4-17(23)9-15/h2-4,6,8-9,13-14,18,20H,5,7,10-12H2,1H3,(H,24,29)/t18-,20+/m1/s1. The number of carbonyl (C=O) groups is 2. The molecule has 0 unspecified atom stereocenters. The Morgan fingerprint density at radius 1 is 1.31 bits per heavy atom. The Labute approximate surface area is 195 Å². The number of carbonyl (C=O) groups excluding carboxylic acids is 2. The molecule has 1 saturated heterocycles. The fourth-order valence-electron chi connectivity index (χ4n) is 3.93. The summed E-state index contributed by atoms with van der Waals surface area (Å²) in [4.78, 5) is 27.0. The molecule has 1 aliphatic heterocycles. The molecule has 2 atom stereocenters. The Morgan fingerprint density at radius 2 is 2.19 bits per heavy atom. The molecule has 1 aliphatic rings. The van der Waals surface area contributed by atoms with Crippen molar-refractivity contribution in [2.45, 2.75) is 31.5 Å². The molecule has 168 valence electrons. The Bertz CT molecular complexity index is 1070. The van der Waals surface area contributed by atoms with Gasteiger partial charge in [0.2, 0.25) is 5.91 Å². The van der Waals surface area contributed by atoms with Crippen LogP contribution in [0.1, 0.15) is 34.1 Å². The molecule has 0 spiro atoms. The fourth-order valence-corrected chi connectivity index (χ4v) is 4.80. The van der Waals surface area contributed by atoms with Gasteiger partial charge in [-0.15, -0.1) is 5.10 Å². The van der Waals surface area contributed by atoms with Gasteiger partial charge >= 0.3 is 5.97 Å². The number of ether oxygens (including phenoxy) is 1. The number of thiophene rings is 1. The van der Waals surface area contributed by atoms with Gasteiger partial charge in [0, 0.05) is 24.7 Å². The number of amides is 1. The minimum absolute atomic E-state index is 0.0157. The topological polar surface area (TPSA) is 89.4 Å². The summed E-state index contributed by atoms with van der Waals surface area (Å²) in [6.07, 6.45) is 2.87. The first kappa shape index (κ1) is 22.4. The van der Waals surface area contributed by atoms with Gasteiger partial charge in [-0.3, -0.25) is 9.69 Å². The van der Waals surface area contributed by atoms with Crippen LogP contribution in [-0.2, 0) is 22.5 Å². The highest BCUT2D eigenvalue weighted by Crippen LogP contribution is 2.29. The number of hydrogen-bond acceptors (Lipinski definition) is 7. The normalized spacial score (nSPS) is 18.6.